The average Bonchev–Trinajstić information content (AvgIpc) is 3.96. The summed E-state index contributed by atoms with van der Waals surface area (Å²) in [4.78, 5) is 76.6. The molecule has 0 aromatic carbocycles. The molecule has 4 unspecified atom stereocenters. The summed E-state index contributed by atoms with van der Waals surface area (Å²) in [5, 5.41) is 72.6. The van der Waals surface area contributed by atoms with E-state index in [1.54, 1.807) is 6.20 Å². The van der Waals surface area contributed by atoms with Crippen molar-refractivity contribution in [3.05, 3.63) is 49.9 Å². The molecule has 72 heavy (non-hydrogen) atoms. The number of fused-ring (bicyclic) bond motifs is 1. The predicted octanol–water partition coefficient (Wildman–Crippen LogP) is -17.4. The summed E-state index contributed by atoms with van der Waals surface area (Å²) in [6.45, 7) is 11.4. The standard InChI is InChI=1S/C40H56N6O17.4Na.H2O4S/c1-4-24-28-29(25(5-2)62-24)37(54)46(36(28)53)12-8-6-7-11-44(27(48)10-9-23(47)39(57)58)18-21-19-45(43-42-21)13-14-59-15-16-60-26-17-22(38(55)56)35(34(52)32(26)50)63-40-30(41)33(51)31(49)20(3)61-40;;;;;1-5(2,3)4/h4-5,19-20,22,24-26,28-35,40-41,49-52H,1-3,6-18H2,(H,55,56)(H,57,58);;;;;(H2,1,2,3,4)/q-2;4*+1;/p-3/t20?,22?,24-,25+,26-,28+,29-,30?,31-,32?,33-,34-,35-,40-;;;;;/m1...../s1. The average molecular weight is 1080 g/mol. The van der Waals surface area contributed by atoms with Crippen LogP contribution in [0.2, 0.25) is 0 Å². The zero-order valence-electron chi connectivity index (χ0n) is 40.5. The van der Waals surface area contributed by atoms with Gasteiger partial charge in [-0.1, -0.05) is 23.4 Å². The third-order valence-electron chi connectivity index (χ3n) is 11.6. The van der Waals surface area contributed by atoms with Crippen LogP contribution in [0.5, 0.6) is 0 Å². The number of nitrogens with one attached hydrogen (secondary N) is 1. The molecule has 1 aliphatic carbocycles. The molecule has 3 saturated heterocycles. The number of carboxylic acids is 2. The second-order valence-corrected chi connectivity index (χ2v) is 17.1. The van der Waals surface area contributed by atoms with E-state index in [0.29, 0.717) is 25.0 Å². The molecule has 0 spiro atoms. The Bertz CT molecular complexity index is 2040. The van der Waals surface area contributed by atoms with Gasteiger partial charge >= 0.3 is 118 Å². The van der Waals surface area contributed by atoms with Gasteiger partial charge in [0.15, 0.2) is 5.78 Å². The van der Waals surface area contributed by atoms with Gasteiger partial charge in [0.05, 0.1) is 87.6 Å². The molecule has 32 heteroatoms. The van der Waals surface area contributed by atoms with Gasteiger partial charge in [-0.05, 0) is 31.8 Å². The Balaban J connectivity index is 0.00000533. The van der Waals surface area contributed by atoms with Crippen LogP contribution < -0.4 is 128 Å². The van der Waals surface area contributed by atoms with Crippen molar-refractivity contribution in [1.29, 1.82) is 0 Å². The molecule has 27 nitrogen and oxygen atoms in total. The molecule has 0 bridgehead atoms. The van der Waals surface area contributed by atoms with Gasteiger partial charge in [0.1, 0.15) is 30.2 Å². The largest absolute Gasteiger partial charge is 1.00 e. The number of carbonyl (C=O) groups is 6. The SMILES string of the molecule is C=C[C@@H]1O[C@H](C=C)[C@@H]2C(=O)N(CCCCCN(Cc3cn(CCOCCO[C@@H]4CC(C(=O)[O-])[C@@H](O[C@H]5OC([CH2-])[C@@H](O)[C@H](O)C5[NH-])[C@H](O)C4O)nn3)C(=O)CCC(=O)C(=O)[O-])C(=O)[C@@H]21.O=S(=O)([O-])O.[Na+].[Na+].[Na+].[Na+]. The van der Waals surface area contributed by atoms with Crippen LogP contribution in [0.15, 0.2) is 31.5 Å². The molecule has 1 aromatic heterocycles. The monoisotopic (exact) mass is 1080 g/mol. The number of amides is 3. The van der Waals surface area contributed by atoms with E-state index in [9.17, 15) is 59.4 Å². The quantitative estimate of drug-likeness (QED) is 0.00938. The molecular weight excluding hydrogens is 1020 g/mol. The number of unbranched alkanes of at least 4 members (excludes halogenated alkanes) is 2. The number of aliphatic hydroxyl groups is 4. The normalized spacial score (nSPS) is 29.6. The molecule has 4 fully saturated rings. The number of hydrogen-bond acceptors (Lipinski definition) is 22. The molecule has 1 aromatic rings. The van der Waals surface area contributed by atoms with E-state index < -0.39 is 125 Å². The Labute approximate surface area is 503 Å². The van der Waals surface area contributed by atoms with Gasteiger partial charge in [0.25, 0.3) is 0 Å². The Kier molecular flexibility index (Phi) is 33.2. The number of carbonyl (C=O) groups excluding carboxylic acids is 6. The fraction of sp³-hybridized carbons (Fsp3) is 0.675. The van der Waals surface area contributed by atoms with Crippen molar-refractivity contribution in [3.63, 3.8) is 0 Å². The Morgan fingerprint density at radius 1 is 0.889 bits per heavy atom. The predicted molar refractivity (Wildman–Crippen MR) is 218 cm³/mol. The van der Waals surface area contributed by atoms with E-state index in [4.69, 9.17) is 46.9 Å². The van der Waals surface area contributed by atoms with Gasteiger partial charge in [-0.3, -0.25) is 28.6 Å². The fourth-order valence-corrected chi connectivity index (χ4v) is 8.15. The van der Waals surface area contributed by atoms with Gasteiger partial charge in [0.2, 0.25) is 28.1 Å². The van der Waals surface area contributed by atoms with E-state index in [1.165, 1.54) is 26.6 Å². The number of carboxylic acid groups (broad SMARTS) is 2. The maximum Gasteiger partial charge on any atom is 1.00 e. The number of aliphatic carboxylic acids is 2. The van der Waals surface area contributed by atoms with E-state index >= 15 is 0 Å². The number of aliphatic hydroxyl groups excluding tert-OH is 4. The minimum absolute atomic E-state index is 0. The van der Waals surface area contributed by atoms with Crippen LogP contribution in [-0.4, -0.2) is 198 Å². The molecule has 3 amide bonds. The Morgan fingerprint density at radius 3 is 2.04 bits per heavy atom. The van der Waals surface area contributed by atoms with Crippen LogP contribution in [0.3, 0.4) is 0 Å². The second kappa shape index (κ2) is 33.6. The van der Waals surface area contributed by atoms with Crippen LogP contribution in [-0.2, 0) is 75.9 Å². The molecule has 4 aliphatic rings. The number of Topliss-reactive ketones (excluding diaryl/α,β-unsaturated/α-hetero) is 1. The van der Waals surface area contributed by atoms with E-state index in [0.717, 1.165) is 0 Å². The van der Waals surface area contributed by atoms with Crippen molar-refractivity contribution < 1.29 is 219 Å². The van der Waals surface area contributed by atoms with E-state index in [2.05, 4.69) is 30.4 Å². The maximum atomic E-state index is 13.1. The summed E-state index contributed by atoms with van der Waals surface area (Å²) in [6, 6.07) is -1.57. The van der Waals surface area contributed by atoms with Gasteiger partial charge in [0, 0.05) is 37.8 Å². The summed E-state index contributed by atoms with van der Waals surface area (Å²) < 4.78 is 62.1. The first-order valence-corrected chi connectivity index (χ1v) is 22.7. The molecule has 0 radical (unpaired) electrons. The Morgan fingerprint density at radius 2 is 1.49 bits per heavy atom. The number of ketones is 1. The molecule has 5 rings (SSSR count). The van der Waals surface area contributed by atoms with Crippen LogP contribution in [0.4, 0.5) is 0 Å². The van der Waals surface area contributed by atoms with Crippen molar-refractivity contribution in [2.45, 2.75) is 119 Å². The number of nitrogens with zero attached hydrogens (tertiary/aromatic N) is 5. The van der Waals surface area contributed by atoms with Gasteiger partial charge in [-0.25, -0.2) is 13.1 Å². The molecule has 3 aliphatic heterocycles. The van der Waals surface area contributed by atoms with Crippen molar-refractivity contribution in [2.75, 3.05) is 32.9 Å². The third kappa shape index (κ3) is 20.3. The first-order valence-electron chi connectivity index (χ1n) is 21.3. The number of ether oxygens (including phenoxy) is 5. The number of imide groups is 1. The van der Waals surface area contributed by atoms with Gasteiger partial charge in [-0.2, -0.15) is 0 Å². The molecule has 4 heterocycles. The zero-order chi connectivity index (χ0) is 50.6. The van der Waals surface area contributed by atoms with Crippen molar-refractivity contribution in [1.82, 2.24) is 24.8 Å². The van der Waals surface area contributed by atoms with Crippen molar-refractivity contribution in [3.8, 4) is 0 Å². The number of hydrogen-bond donors (Lipinski definition) is 5. The van der Waals surface area contributed by atoms with E-state index in [-0.39, 0.29) is 189 Å². The minimum Gasteiger partial charge on any atom is -0.726 e. The number of rotatable bonds is 24. The van der Waals surface area contributed by atoms with Crippen LogP contribution >= 0.6 is 0 Å². The van der Waals surface area contributed by atoms with Gasteiger partial charge in [-0.15, -0.1) is 18.3 Å². The zero-order valence-corrected chi connectivity index (χ0v) is 49.4. The van der Waals surface area contributed by atoms with Crippen molar-refractivity contribution >= 4 is 45.8 Å². The van der Waals surface area contributed by atoms with Crippen LogP contribution in [0.1, 0.15) is 44.2 Å². The third-order valence-corrected chi connectivity index (χ3v) is 11.6. The minimum atomic E-state index is -4.92. The summed E-state index contributed by atoms with van der Waals surface area (Å²) in [7, 11) is -4.92. The van der Waals surface area contributed by atoms with Gasteiger partial charge < -0.3 is 86.0 Å². The van der Waals surface area contributed by atoms with E-state index in [1.807, 2.05) is 0 Å². The molecule has 1 saturated carbocycles. The smallest absolute Gasteiger partial charge is 0.726 e. The first kappa shape index (κ1) is 71.3. The number of aromatic nitrogens is 3. The van der Waals surface area contributed by atoms with Crippen LogP contribution in [0, 0.1) is 24.7 Å². The fourth-order valence-electron chi connectivity index (χ4n) is 8.15. The summed E-state index contributed by atoms with van der Waals surface area (Å²) in [6.07, 6.45) is -8.65. The second-order valence-electron chi connectivity index (χ2n) is 16.2. The molecule has 382 valence electrons. The van der Waals surface area contributed by atoms with Crippen molar-refractivity contribution in [2.24, 2.45) is 17.8 Å². The molecule has 6 N–H and O–H groups in total. The Hall–Kier alpha value is -0.690. The molecular formula is C40H55N6Na4O21S-. The topological polar surface area (TPSA) is 414 Å². The summed E-state index contributed by atoms with van der Waals surface area (Å²) in [5.41, 5.74) is 8.44. The first-order chi connectivity index (χ1) is 32.0. The maximum absolute atomic E-state index is 13.1. The van der Waals surface area contributed by atoms with Crippen LogP contribution in [0.25, 0.3) is 5.73 Å². The number of likely N-dealkylation sites (tertiary alicyclic amines) is 1. The summed E-state index contributed by atoms with van der Waals surface area (Å²) >= 11 is 0. The summed E-state index contributed by atoms with van der Waals surface area (Å²) in [5.74, 6) is -8.75. The molecule has 14 atom stereocenters.